The zero-order valence-electron chi connectivity index (χ0n) is 7.55. The van der Waals surface area contributed by atoms with Gasteiger partial charge < -0.3 is 16.6 Å². The number of hydrogen-bond donors (Lipinski definition) is 3. The molecule has 6 nitrogen and oxygen atoms in total. The maximum absolute atomic E-state index is 11.4. The van der Waals surface area contributed by atoms with E-state index in [1.54, 1.807) is 0 Å². The number of nitrogens with two attached hydrogens (primary N) is 2. The molecule has 0 saturated carbocycles. The summed E-state index contributed by atoms with van der Waals surface area (Å²) in [5, 5.41) is 8.68. The number of ketones is 1. The lowest BCUT2D eigenvalue weighted by Gasteiger charge is -2.06. The maximum Gasteiger partial charge on any atom is 0.200 e. The van der Waals surface area contributed by atoms with E-state index in [2.05, 4.69) is 9.97 Å². The standard InChI is InChI=1S/C8H12N4O2/c9-3-7-11-2-1-6(12-7)8(14)5(10)4-13/h1-2,5,13H,3-4,9-10H2. The second kappa shape index (κ2) is 4.75. The van der Waals surface area contributed by atoms with E-state index in [1.165, 1.54) is 12.3 Å². The van der Waals surface area contributed by atoms with Crippen LogP contribution < -0.4 is 11.5 Å². The highest BCUT2D eigenvalue weighted by molar-refractivity contribution is 5.98. The van der Waals surface area contributed by atoms with Gasteiger partial charge in [0.1, 0.15) is 11.5 Å². The first-order valence-electron chi connectivity index (χ1n) is 4.11. The average molecular weight is 196 g/mol. The zero-order valence-corrected chi connectivity index (χ0v) is 7.55. The third-order valence-electron chi connectivity index (χ3n) is 1.67. The Morgan fingerprint density at radius 2 is 2.36 bits per heavy atom. The van der Waals surface area contributed by atoms with E-state index in [9.17, 15) is 4.79 Å². The monoisotopic (exact) mass is 196 g/mol. The molecule has 0 aliphatic rings. The van der Waals surface area contributed by atoms with Crippen molar-refractivity contribution in [2.45, 2.75) is 12.6 Å². The van der Waals surface area contributed by atoms with Gasteiger partial charge in [-0.25, -0.2) is 9.97 Å². The number of carbonyl (C=O) groups excluding carboxylic acids is 1. The molecule has 0 bridgehead atoms. The molecular formula is C8H12N4O2. The van der Waals surface area contributed by atoms with Crippen molar-refractivity contribution in [3.63, 3.8) is 0 Å². The van der Waals surface area contributed by atoms with E-state index < -0.39 is 18.4 Å². The number of nitrogens with zero attached hydrogens (tertiary/aromatic N) is 2. The summed E-state index contributed by atoms with van der Waals surface area (Å²) in [4.78, 5) is 19.1. The molecule has 0 aromatic carbocycles. The van der Waals surface area contributed by atoms with Crippen LogP contribution in [0.1, 0.15) is 16.3 Å². The molecule has 1 rings (SSSR count). The normalized spacial score (nSPS) is 12.5. The van der Waals surface area contributed by atoms with Gasteiger partial charge in [0.25, 0.3) is 0 Å². The molecule has 0 fully saturated rings. The largest absolute Gasteiger partial charge is 0.394 e. The summed E-state index contributed by atoms with van der Waals surface area (Å²) in [6, 6.07) is 0.507. The van der Waals surface area contributed by atoms with Gasteiger partial charge in [0.05, 0.1) is 19.2 Å². The van der Waals surface area contributed by atoms with Crippen LogP contribution in [0.5, 0.6) is 0 Å². The quantitative estimate of drug-likeness (QED) is 0.501. The second-order valence-corrected chi connectivity index (χ2v) is 2.72. The molecule has 0 spiro atoms. The summed E-state index contributed by atoms with van der Waals surface area (Å²) in [6.07, 6.45) is 1.44. The van der Waals surface area contributed by atoms with E-state index >= 15 is 0 Å². The van der Waals surface area contributed by atoms with E-state index in [1.807, 2.05) is 0 Å². The van der Waals surface area contributed by atoms with Gasteiger partial charge >= 0.3 is 0 Å². The molecule has 1 heterocycles. The molecule has 1 unspecified atom stereocenters. The topological polar surface area (TPSA) is 115 Å². The van der Waals surface area contributed by atoms with Crippen molar-refractivity contribution in [1.82, 2.24) is 9.97 Å². The van der Waals surface area contributed by atoms with Crippen molar-refractivity contribution in [2.75, 3.05) is 6.61 Å². The molecule has 1 atom stereocenters. The lowest BCUT2D eigenvalue weighted by atomic mass is 10.1. The van der Waals surface area contributed by atoms with E-state index in [4.69, 9.17) is 16.6 Å². The molecule has 6 heteroatoms. The number of hydrogen-bond acceptors (Lipinski definition) is 6. The minimum Gasteiger partial charge on any atom is -0.394 e. The fourth-order valence-corrected chi connectivity index (χ4v) is 0.908. The first kappa shape index (κ1) is 10.7. The molecule has 14 heavy (non-hydrogen) atoms. The Morgan fingerprint density at radius 1 is 1.64 bits per heavy atom. The highest BCUT2D eigenvalue weighted by Gasteiger charge is 2.16. The van der Waals surface area contributed by atoms with Crippen LogP contribution in [0.25, 0.3) is 0 Å². The van der Waals surface area contributed by atoms with Crippen LogP contribution in [-0.4, -0.2) is 33.5 Å². The van der Waals surface area contributed by atoms with Crippen LogP contribution >= 0.6 is 0 Å². The molecule has 0 saturated heterocycles. The highest BCUT2D eigenvalue weighted by atomic mass is 16.3. The van der Waals surface area contributed by atoms with Gasteiger partial charge in [0.2, 0.25) is 0 Å². The Kier molecular flexibility index (Phi) is 3.63. The minimum absolute atomic E-state index is 0.162. The molecule has 1 aromatic rings. The van der Waals surface area contributed by atoms with Crippen molar-refractivity contribution >= 4 is 5.78 Å². The Labute approximate surface area is 81.0 Å². The fraction of sp³-hybridized carbons (Fsp3) is 0.375. The summed E-state index contributed by atoms with van der Waals surface area (Å²) in [5.74, 6) is -0.0365. The van der Waals surface area contributed by atoms with Gasteiger partial charge in [-0.3, -0.25) is 4.79 Å². The van der Waals surface area contributed by atoms with Crippen LogP contribution in [0.4, 0.5) is 0 Å². The molecule has 0 amide bonds. The Morgan fingerprint density at radius 3 is 2.93 bits per heavy atom. The summed E-state index contributed by atoms with van der Waals surface area (Å²) >= 11 is 0. The van der Waals surface area contributed by atoms with E-state index in [0.717, 1.165) is 0 Å². The second-order valence-electron chi connectivity index (χ2n) is 2.72. The highest BCUT2D eigenvalue weighted by Crippen LogP contribution is 1.99. The fourth-order valence-electron chi connectivity index (χ4n) is 0.908. The number of aliphatic hydroxyl groups excluding tert-OH is 1. The smallest absolute Gasteiger partial charge is 0.200 e. The lowest BCUT2D eigenvalue weighted by Crippen LogP contribution is -2.34. The molecule has 0 radical (unpaired) electrons. The SMILES string of the molecule is NCc1nccc(C(=O)C(N)CO)n1. The first-order valence-corrected chi connectivity index (χ1v) is 4.11. The Bertz CT molecular complexity index is 329. The summed E-state index contributed by atoms with van der Waals surface area (Å²) in [5.41, 5.74) is 10.8. The number of Topliss-reactive ketones (excluding diaryl/α,β-unsaturated/α-hetero) is 1. The van der Waals surface area contributed by atoms with E-state index in [0.29, 0.717) is 5.82 Å². The number of aliphatic hydroxyl groups is 1. The Balaban J connectivity index is 2.90. The van der Waals surface area contributed by atoms with Crippen molar-refractivity contribution in [3.8, 4) is 0 Å². The number of rotatable bonds is 4. The molecule has 76 valence electrons. The van der Waals surface area contributed by atoms with Crippen molar-refractivity contribution in [2.24, 2.45) is 11.5 Å². The van der Waals surface area contributed by atoms with Crippen LogP contribution in [0.15, 0.2) is 12.3 Å². The van der Waals surface area contributed by atoms with Crippen LogP contribution in [-0.2, 0) is 6.54 Å². The van der Waals surface area contributed by atoms with Gasteiger partial charge in [0.15, 0.2) is 5.78 Å². The molecule has 1 aromatic heterocycles. The summed E-state index contributed by atoms with van der Waals surface area (Å²) < 4.78 is 0. The van der Waals surface area contributed by atoms with Crippen LogP contribution in [0, 0.1) is 0 Å². The van der Waals surface area contributed by atoms with E-state index in [-0.39, 0.29) is 12.2 Å². The van der Waals surface area contributed by atoms with Crippen molar-refractivity contribution in [1.29, 1.82) is 0 Å². The summed E-state index contributed by atoms with van der Waals surface area (Å²) in [6.45, 7) is -0.240. The molecule has 5 N–H and O–H groups in total. The molecule has 0 aliphatic carbocycles. The maximum atomic E-state index is 11.4. The molecule has 0 aliphatic heterocycles. The predicted octanol–water partition coefficient (Wildman–Crippen LogP) is -1.56. The first-order chi connectivity index (χ1) is 6.69. The number of aromatic nitrogens is 2. The van der Waals surface area contributed by atoms with Gasteiger partial charge in [-0.15, -0.1) is 0 Å². The minimum atomic E-state index is -0.935. The van der Waals surface area contributed by atoms with Gasteiger partial charge in [-0.1, -0.05) is 0 Å². The molecular weight excluding hydrogens is 184 g/mol. The van der Waals surface area contributed by atoms with Gasteiger partial charge in [-0.2, -0.15) is 0 Å². The lowest BCUT2D eigenvalue weighted by molar-refractivity contribution is 0.0920. The third-order valence-corrected chi connectivity index (χ3v) is 1.67. The van der Waals surface area contributed by atoms with Gasteiger partial charge in [0, 0.05) is 6.20 Å². The van der Waals surface area contributed by atoms with Crippen molar-refractivity contribution in [3.05, 3.63) is 23.8 Å². The zero-order chi connectivity index (χ0) is 10.6. The average Bonchev–Trinajstić information content (AvgIpc) is 2.27. The third kappa shape index (κ3) is 2.32. The number of carbonyl (C=O) groups is 1. The van der Waals surface area contributed by atoms with Crippen molar-refractivity contribution < 1.29 is 9.90 Å². The van der Waals surface area contributed by atoms with Gasteiger partial charge in [-0.05, 0) is 6.07 Å². The van der Waals surface area contributed by atoms with Crippen LogP contribution in [0.2, 0.25) is 0 Å². The predicted molar refractivity (Wildman–Crippen MR) is 49.3 cm³/mol. The Hall–Kier alpha value is -1.37. The summed E-state index contributed by atoms with van der Waals surface area (Å²) in [7, 11) is 0. The van der Waals surface area contributed by atoms with Crippen LogP contribution in [0.3, 0.4) is 0 Å².